The monoisotopic (exact) mass is 378 g/mol. The number of anilines is 1. The van der Waals surface area contributed by atoms with E-state index in [4.69, 9.17) is 11.6 Å². The fraction of sp³-hybridized carbons (Fsp3) is 0.389. The molecule has 26 heavy (non-hydrogen) atoms. The Morgan fingerprint density at radius 1 is 1.19 bits per heavy atom. The van der Waals surface area contributed by atoms with Gasteiger partial charge < -0.3 is 20.4 Å². The summed E-state index contributed by atoms with van der Waals surface area (Å²) in [5, 5.41) is 5.99. The predicted octanol–water partition coefficient (Wildman–Crippen LogP) is 2.02. The maximum absolute atomic E-state index is 12.3. The van der Waals surface area contributed by atoms with Crippen LogP contribution in [0.25, 0.3) is 0 Å². The van der Waals surface area contributed by atoms with Gasteiger partial charge in [-0.15, -0.1) is 0 Å². The Labute approximate surface area is 158 Å². The van der Waals surface area contributed by atoms with Gasteiger partial charge in [-0.3, -0.25) is 9.59 Å². The molecule has 0 atom stereocenters. The van der Waals surface area contributed by atoms with Crippen LogP contribution in [0.2, 0.25) is 5.02 Å². The van der Waals surface area contributed by atoms with E-state index in [0.29, 0.717) is 36.9 Å². The maximum Gasteiger partial charge on any atom is 0.321 e. The van der Waals surface area contributed by atoms with Crippen molar-refractivity contribution in [1.82, 2.24) is 15.1 Å². The minimum absolute atomic E-state index is 0.0419. The van der Waals surface area contributed by atoms with Crippen molar-refractivity contribution in [2.45, 2.75) is 13.3 Å². The van der Waals surface area contributed by atoms with Gasteiger partial charge in [0, 0.05) is 49.9 Å². The molecule has 0 unspecified atom stereocenters. The van der Waals surface area contributed by atoms with Crippen molar-refractivity contribution in [3.63, 3.8) is 0 Å². The molecular weight excluding hydrogens is 356 g/mol. The standard InChI is InChI=1S/C18H23ClN4O3/c1-3-16(24)20-7-6-17(25)22-8-10-23(11-9-22)18(26)21-14-5-4-13(2)15(19)12-14/h3-5,12H,1,6-11H2,2H3,(H,20,24)(H,21,26). The highest BCUT2D eigenvalue weighted by Crippen LogP contribution is 2.20. The number of benzene rings is 1. The van der Waals surface area contributed by atoms with Gasteiger partial charge in [-0.25, -0.2) is 4.79 Å². The Hall–Kier alpha value is -2.54. The zero-order chi connectivity index (χ0) is 19.1. The predicted molar refractivity (Wildman–Crippen MR) is 101 cm³/mol. The molecule has 1 aromatic rings. The van der Waals surface area contributed by atoms with Crippen molar-refractivity contribution in [3.8, 4) is 0 Å². The first-order valence-electron chi connectivity index (χ1n) is 8.41. The fourth-order valence-electron chi connectivity index (χ4n) is 2.56. The van der Waals surface area contributed by atoms with Crippen LogP contribution in [-0.2, 0) is 9.59 Å². The molecule has 7 nitrogen and oxygen atoms in total. The van der Waals surface area contributed by atoms with Crippen LogP contribution in [0.5, 0.6) is 0 Å². The number of urea groups is 1. The summed E-state index contributed by atoms with van der Waals surface area (Å²) in [6, 6.07) is 5.15. The molecule has 8 heteroatoms. The second kappa shape index (κ2) is 9.24. The Bertz CT molecular complexity index is 700. The van der Waals surface area contributed by atoms with Crippen LogP contribution in [0.15, 0.2) is 30.9 Å². The maximum atomic E-state index is 12.3. The molecule has 0 aliphatic carbocycles. The van der Waals surface area contributed by atoms with E-state index in [-0.39, 0.29) is 30.8 Å². The summed E-state index contributed by atoms with van der Waals surface area (Å²) in [5.74, 6) is -0.338. The lowest BCUT2D eigenvalue weighted by Gasteiger charge is -2.34. The molecule has 1 aromatic carbocycles. The highest BCUT2D eigenvalue weighted by molar-refractivity contribution is 6.31. The van der Waals surface area contributed by atoms with Crippen LogP contribution in [0.3, 0.4) is 0 Å². The summed E-state index contributed by atoms with van der Waals surface area (Å²) in [7, 11) is 0. The molecule has 0 radical (unpaired) electrons. The summed E-state index contributed by atoms with van der Waals surface area (Å²) < 4.78 is 0. The zero-order valence-corrected chi connectivity index (χ0v) is 15.5. The summed E-state index contributed by atoms with van der Waals surface area (Å²) in [6.07, 6.45) is 1.40. The summed E-state index contributed by atoms with van der Waals surface area (Å²) in [6.45, 7) is 7.37. The molecule has 1 fully saturated rings. The number of hydrogen-bond donors (Lipinski definition) is 2. The lowest BCUT2D eigenvalue weighted by atomic mass is 10.2. The Balaban J connectivity index is 1.77. The lowest BCUT2D eigenvalue weighted by molar-refractivity contribution is -0.132. The van der Waals surface area contributed by atoms with E-state index < -0.39 is 0 Å². The average molecular weight is 379 g/mol. The molecule has 140 valence electrons. The molecule has 0 bridgehead atoms. The topological polar surface area (TPSA) is 81.8 Å². The third kappa shape index (κ3) is 5.49. The normalized spacial score (nSPS) is 13.9. The van der Waals surface area contributed by atoms with E-state index in [2.05, 4.69) is 17.2 Å². The van der Waals surface area contributed by atoms with Crippen molar-refractivity contribution < 1.29 is 14.4 Å². The van der Waals surface area contributed by atoms with Gasteiger partial charge in [0.05, 0.1) is 0 Å². The van der Waals surface area contributed by atoms with E-state index in [1.54, 1.807) is 21.9 Å². The number of hydrogen-bond acceptors (Lipinski definition) is 3. The van der Waals surface area contributed by atoms with Gasteiger partial charge in [-0.1, -0.05) is 24.2 Å². The van der Waals surface area contributed by atoms with Crippen molar-refractivity contribution in [2.75, 3.05) is 38.0 Å². The molecule has 1 aliphatic heterocycles. The molecule has 1 saturated heterocycles. The molecule has 1 aliphatic rings. The van der Waals surface area contributed by atoms with Crippen molar-refractivity contribution in [1.29, 1.82) is 0 Å². The van der Waals surface area contributed by atoms with Crippen molar-refractivity contribution >= 4 is 35.1 Å². The number of piperazine rings is 1. The average Bonchev–Trinajstić information content (AvgIpc) is 2.64. The van der Waals surface area contributed by atoms with Crippen LogP contribution >= 0.6 is 11.6 Å². The summed E-state index contributed by atoms with van der Waals surface area (Å²) in [5.41, 5.74) is 1.59. The highest BCUT2D eigenvalue weighted by atomic mass is 35.5. The summed E-state index contributed by atoms with van der Waals surface area (Å²) in [4.78, 5) is 38.9. The largest absolute Gasteiger partial charge is 0.352 e. The first-order valence-corrected chi connectivity index (χ1v) is 8.78. The molecular formula is C18H23ClN4O3. The Morgan fingerprint density at radius 3 is 2.46 bits per heavy atom. The van der Waals surface area contributed by atoms with Gasteiger partial charge in [0.1, 0.15) is 0 Å². The lowest BCUT2D eigenvalue weighted by Crippen LogP contribution is -2.52. The number of nitrogens with zero attached hydrogens (tertiary/aromatic N) is 2. The summed E-state index contributed by atoms with van der Waals surface area (Å²) >= 11 is 6.07. The minimum Gasteiger partial charge on any atom is -0.352 e. The second-order valence-corrected chi connectivity index (χ2v) is 6.41. The third-order valence-electron chi connectivity index (χ3n) is 4.17. The van der Waals surface area contributed by atoms with Gasteiger partial charge in [-0.2, -0.15) is 0 Å². The van der Waals surface area contributed by atoms with E-state index in [1.165, 1.54) is 6.08 Å². The van der Waals surface area contributed by atoms with Gasteiger partial charge in [-0.05, 0) is 30.7 Å². The van der Waals surface area contributed by atoms with E-state index in [0.717, 1.165) is 5.56 Å². The zero-order valence-electron chi connectivity index (χ0n) is 14.8. The van der Waals surface area contributed by atoms with E-state index in [1.807, 2.05) is 13.0 Å². The van der Waals surface area contributed by atoms with Gasteiger partial charge in [0.15, 0.2) is 0 Å². The molecule has 2 rings (SSSR count). The number of amides is 4. The van der Waals surface area contributed by atoms with Gasteiger partial charge in [0.25, 0.3) is 0 Å². The fourth-order valence-corrected chi connectivity index (χ4v) is 2.74. The molecule has 2 N–H and O–H groups in total. The SMILES string of the molecule is C=CC(=O)NCCC(=O)N1CCN(C(=O)Nc2ccc(C)c(Cl)c2)CC1. The molecule has 0 spiro atoms. The van der Waals surface area contributed by atoms with Crippen LogP contribution in [0, 0.1) is 6.92 Å². The number of carbonyl (C=O) groups excluding carboxylic acids is 3. The number of nitrogens with one attached hydrogen (secondary N) is 2. The number of rotatable bonds is 5. The van der Waals surface area contributed by atoms with Crippen LogP contribution in [0.1, 0.15) is 12.0 Å². The van der Waals surface area contributed by atoms with E-state index in [9.17, 15) is 14.4 Å². The first kappa shape index (κ1) is 19.8. The van der Waals surface area contributed by atoms with Crippen molar-refractivity contribution in [3.05, 3.63) is 41.4 Å². The van der Waals surface area contributed by atoms with Crippen LogP contribution in [-0.4, -0.2) is 60.4 Å². The van der Waals surface area contributed by atoms with Crippen LogP contribution in [0.4, 0.5) is 10.5 Å². The minimum atomic E-state index is -0.296. The molecule has 0 aromatic heterocycles. The van der Waals surface area contributed by atoms with Crippen molar-refractivity contribution in [2.24, 2.45) is 0 Å². The number of carbonyl (C=O) groups is 3. The molecule has 0 saturated carbocycles. The Kier molecular flexibility index (Phi) is 7.03. The first-order chi connectivity index (χ1) is 12.4. The quantitative estimate of drug-likeness (QED) is 0.769. The smallest absolute Gasteiger partial charge is 0.321 e. The molecule has 1 heterocycles. The number of aryl methyl sites for hydroxylation is 1. The molecule has 4 amide bonds. The second-order valence-electron chi connectivity index (χ2n) is 6.01. The third-order valence-corrected chi connectivity index (χ3v) is 4.57. The van der Waals surface area contributed by atoms with Gasteiger partial charge >= 0.3 is 6.03 Å². The van der Waals surface area contributed by atoms with E-state index >= 15 is 0 Å². The Morgan fingerprint density at radius 2 is 1.85 bits per heavy atom. The highest BCUT2D eigenvalue weighted by Gasteiger charge is 2.24. The van der Waals surface area contributed by atoms with Crippen LogP contribution < -0.4 is 10.6 Å². The van der Waals surface area contributed by atoms with Gasteiger partial charge in [0.2, 0.25) is 11.8 Å². The number of halogens is 1.